The molecule has 17 heavy (non-hydrogen) atoms. The highest BCUT2D eigenvalue weighted by atomic mass is 14.9. The summed E-state index contributed by atoms with van der Waals surface area (Å²) in [5, 5.41) is 5.14. The number of fused-ring (bicyclic) bond motifs is 2. The maximum Gasteiger partial charge on any atom is 0.0459 e. The van der Waals surface area contributed by atoms with Gasteiger partial charge in [-0.2, -0.15) is 0 Å². The highest BCUT2D eigenvalue weighted by Gasteiger charge is 2.34. The van der Waals surface area contributed by atoms with E-state index in [1.165, 1.54) is 28.5 Å². The lowest BCUT2D eigenvalue weighted by Gasteiger charge is -2.39. The lowest BCUT2D eigenvalue weighted by atomic mass is 9.74. The summed E-state index contributed by atoms with van der Waals surface area (Å²) in [7, 11) is 0. The van der Waals surface area contributed by atoms with Gasteiger partial charge in [-0.1, -0.05) is 12.1 Å². The van der Waals surface area contributed by atoms with Crippen molar-refractivity contribution < 1.29 is 0 Å². The summed E-state index contributed by atoms with van der Waals surface area (Å²) < 4.78 is 0. The van der Waals surface area contributed by atoms with E-state index in [1.807, 2.05) is 0 Å². The Morgan fingerprint density at radius 1 is 1.29 bits per heavy atom. The Labute approximate surface area is 101 Å². The first-order chi connectivity index (χ1) is 8.33. The quantitative estimate of drug-likeness (QED) is 0.708. The highest BCUT2D eigenvalue weighted by molar-refractivity contribution is 5.88. The van der Waals surface area contributed by atoms with E-state index in [4.69, 9.17) is 0 Å². The summed E-state index contributed by atoms with van der Waals surface area (Å²) >= 11 is 0. The van der Waals surface area contributed by atoms with Crippen LogP contribution in [0.2, 0.25) is 0 Å². The van der Waals surface area contributed by atoms with E-state index in [1.54, 1.807) is 0 Å². The molecule has 1 aromatic carbocycles. The molecule has 1 aliphatic carbocycles. The number of benzene rings is 1. The second kappa shape index (κ2) is 3.36. The van der Waals surface area contributed by atoms with Gasteiger partial charge in [-0.05, 0) is 49.4 Å². The molecule has 1 fully saturated rings. The molecule has 0 spiro atoms. The fourth-order valence-corrected chi connectivity index (χ4v) is 3.62. The minimum absolute atomic E-state index is 0.548. The number of hydrogen-bond acceptors (Lipinski definition) is 1. The van der Waals surface area contributed by atoms with Crippen molar-refractivity contribution in [1.29, 1.82) is 0 Å². The first kappa shape index (κ1) is 9.72. The molecule has 1 radical (unpaired) electrons. The number of hydrogen-bond donors (Lipinski definition) is 2. The van der Waals surface area contributed by atoms with Crippen LogP contribution >= 0.6 is 0 Å². The van der Waals surface area contributed by atoms with Gasteiger partial charge in [0.1, 0.15) is 0 Å². The summed E-state index contributed by atoms with van der Waals surface area (Å²) in [6, 6.07) is 7.27. The highest BCUT2D eigenvalue weighted by Crippen LogP contribution is 2.41. The van der Waals surface area contributed by atoms with E-state index in [0.717, 1.165) is 13.0 Å². The number of aromatic amines is 1. The molecule has 4 rings (SSSR count). The largest absolute Gasteiger partial charge is 0.361 e. The van der Waals surface area contributed by atoms with Crippen LogP contribution in [0.4, 0.5) is 0 Å². The van der Waals surface area contributed by atoms with E-state index in [2.05, 4.69) is 41.6 Å². The number of aromatic nitrogens is 1. The second-order valence-corrected chi connectivity index (χ2v) is 5.51. The van der Waals surface area contributed by atoms with Crippen LogP contribution in [0.25, 0.3) is 10.9 Å². The fourth-order valence-electron chi connectivity index (χ4n) is 3.62. The summed E-state index contributed by atoms with van der Waals surface area (Å²) in [6.07, 6.45) is 4.57. The maximum absolute atomic E-state index is 4.23. The van der Waals surface area contributed by atoms with Gasteiger partial charge in [0, 0.05) is 29.1 Å². The third-order valence-corrected chi connectivity index (χ3v) is 4.40. The molecule has 0 amide bonds. The molecule has 0 saturated carbocycles. The third-order valence-electron chi connectivity index (χ3n) is 4.40. The van der Waals surface area contributed by atoms with Gasteiger partial charge >= 0.3 is 0 Å². The maximum atomic E-state index is 4.23. The Bertz CT molecular complexity index is 569. The molecule has 3 atom stereocenters. The topological polar surface area (TPSA) is 27.8 Å². The molecule has 2 heterocycles. The van der Waals surface area contributed by atoms with Crippen molar-refractivity contribution in [3.8, 4) is 0 Å². The summed E-state index contributed by atoms with van der Waals surface area (Å²) in [5.74, 6) is 1.20. The SMILES string of the molecule is [CH2]C1CN[C@@H]2Cc3c[nH]c4cccc(c34)[C@H]2C1. The van der Waals surface area contributed by atoms with Crippen LogP contribution in [0.1, 0.15) is 23.5 Å². The first-order valence-corrected chi connectivity index (χ1v) is 6.48. The Hall–Kier alpha value is -1.28. The van der Waals surface area contributed by atoms with Crippen molar-refractivity contribution in [1.82, 2.24) is 10.3 Å². The molecule has 2 heteroatoms. The van der Waals surface area contributed by atoms with Crippen molar-refractivity contribution in [3.63, 3.8) is 0 Å². The van der Waals surface area contributed by atoms with Gasteiger partial charge in [0.25, 0.3) is 0 Å². The number of H-pyrrole nitrogens is 1. The molecule has 87 valence electrons. The normalized spacial score (nSPS) is 31.5. The zero-order valence-corrected chi connectivity index (χ0v) is 9.87. The Morgan fingerprint density at radius 3 is 3.18 bits per heavy atom. The third kappa shape index (κ3) is 1.31. The molecule has 1 saturated heterocycles. The van der Waals surface area contributed by atoms with Crippen LogP contribution in [0, 0.1) is 12.8 Å². The van der Waals surface area contributed by atoms with Crippen molar-refractivity contribution in [2.24, 2.45) is 5.92 Å². The second-order valence-electron chi connectivity index (χ2n) is 5.51. The lowest BCUT2D eigenvalue weighted by Crippen LogP contribution is -2.46. The molecular formula is C15H17N2. The molecule has 1 aliphatic heterocycles. The van der Waals surface area contributed by atoms with Gasteiger partial charge in [-0.25, -0.2) is 0 Å². The van der Waals surface area contributed by atoms with Crippen LogP contribution in [0.15, 0.2) is 24.4 Å². The van der Waals surface area contributed by atoms with Gasteiger partial charge in [0.05, 0.1) is 0 Å². The number of piperidine rings is 1. The van der Waals surface area contributed by atoms with Crippen molar-refractivity contribution in [3.05, 3.63) is 42.4 Å². The summed E-state index contributed by atoms with van der Waals surface area (Å²) in [4.78, 5) is 3.40. The van der Waals surface area contributed by atoms with Gasteiger partial charge in [0.15, 0.2) is 0 Å². The lowest BCUT2D eigenvalue weighted by molar-refractivity contribution is 0.299. The van der Waals surface area contributed by atoms with E-state index >= 15 is 0 Å². The van der Waals surface area contributed by atoms with Gasteiger partial charge in [0.2, 0.25) is 0 Å². The molecule has 2 aliphatic rings. The molecule has 2 N–H and O–H groups in total. The van der Waals surface area contributed by atoms with E-state index in [0.29, 0.717) is 17.9 Å². The predicted molar refractivity (Wildman–Crippen MR) is 70.0 cm³/mol. The van der Waals surface area contributed by atoms with Crippen molar-refractivity contribution >= 4 is 10.9 Å². The van der Waals surface area contributed by atoms with Gasteiger partial charge in [-0.15, -0.1) is 0 Å². The first-order valence-electron chi connectivity index (χ1n) is 6.48. The van der Waals surface area contributed by atoms with Crippen LogP contribution in [0.5, 0.6) is 0 Å². The van der Waals surface area contributed by atoms with Crippen LogP contribution in [0.3, 0.4) is 0 Å². The average molecular weight is 225 g/mol. The Balaban J connectivity index is 1.92. The van der Waals surface area contributed by atoms with E-state index in [-0.39, 0.29) is 0 Å². The molecule has 0 bridgehead atoms. The van der Waals surface area contributed by atoms with Crippen LogP contribution in [-0.4, -0.2) is 17.6 Å². The predicted octanol–water partition coefficient (Wildman–Crippen LogP) is 2.62. The average Bonchev–Trinajstić information content (AvgIpc) is 2.75. The molecule has 1 unspecified atom stereocenters. The number of rotatable bonds is 0. The summed E-state index contributed by atoms with van der Waals surface area (Å²) in [5.41, 5.74) is 4.30. The zero-order chi connectivity index (χ0) is 11.4. The number of nitrogens with one attached hydrogen (secondary N) is 2. The molecule has 2 nitrogen and oxygen atoms in total. The van der Waals surface area contributed by atoms with Crippen LogP contribution < -0.4 is 5.32 Å². The van der Waals surface area contributed by atoms with Crippen molar-refractivity contribution in [2.45, 2.75) is 24.8 Å². The molecule has 2 aromatic rings. The Kier molecular flexibility index (Phi) is 1.92. The molecular weight excluding hydrogens is 208 g/mol. The van der Waals surface area contributed by atoms with E-state index < -0.39 is 0 Å². The van der Waals surface area contributed by atoms with Gasteiger partial charge in [-0.3, -0.25) is 0 Å². The summed E-state index contributed by atoms with van der Waals surface area (Å²) in [6.45, 7) is 5.29. The standard InChI is InChI=1S/C15H17N2/c1-9-5-12-11-3-2-4-13-15(11)10(8-17-13)6-14(12)16-7-9/h2-4,8-9,12,14,16-17H,1,5-7H2/t9?,12-,14-/m1/s1. The smallest absolute Gasteiger partial charge is 0.0459 e. The van der Waals surface area contributed by atoms with E-state index in [9.17, 15) is 0 Å². The van der Waals surface area contributed by atoms with Gasteiger partial charge < -0.3 is 10.3 Å². The minimum atomic E-state index is 0.548. The monoisotopic (exact) mass is 225 g/mol. The fraction of sp³-hybridized carbons (Fsp3) is 0.400. The van der Waals surface area contributed by atoms with Crippen molar-refractivity contribution in [2.75, 3.05) is 6.54 Å². The Morgan fingerprint density at radius 2 is 2.24 bits per heavy atom. The zero-order valence-electron chi connectivity index (χ0n) is 9.87. The minimum Gasteiger partial charge on any atom is -0.361 e. The van der Waals surface area contributed by atoms with Crippen LogP contribution in [-0.2, 0) is 6.42 Å². The molecule has 1 aromatic heterocycles.